The summed E-state index contributed by atoms with van der Waals surface area (Å²) in [6.45, 7) is 8.96. The summed E-state index contributed by atoms with van der Waals surface area (Å²) in [5, 5.41) is 3.02. The fourth-order valence-corrected chi connectivity index (χ4v) is 4.10. The zero-order valence-corrected chi connectivity index (χ0v) is 17.1. The second-order valence-corrected chi connectivity index (χ2v) is 8.14. The number of piperazine rings is 1. The van der Waals surface area contributed by atoms with Gasteiger partial charge in [-0.25, -0.2) is 0 Å². The molecule has 0 bridgehead atoms. The predicted octanol–water partition coefficient (Wildman–Crippen LogP) is -0.765. The van der Waals surface area contributed by atoms with Gasteiger partial charge in [0, 0.05) is 5.56 Å². The maximum absolute atomic E-state index is 12.4. The Morgan fingerprint density at radius 3 is 2.59 bits per heavy atom. The smallest absolute Gasteiger partial charge is 0.275 e. The third-order valence-electron chi connectivity index (χ3n) is 5.71. The van der Waals surface area contributed by atoms with Crippen LogP contribution in [0.4, 0.5) is 0 Å². The molecule has 154 valence electrons. The Balaban J connectivity index is 1.16. The van der Waals surface area contributed by atoms with E-state index < -0.39 is 0 Å². The Kier molecular flexibility index (Phi) is 6.32. The number of para-hydroxylation sites is 2. The molecular weight excluding hydrogens is 366 g/mol. The molecule has 3 N–H and O–H groups in total. The number of benzene rings is 2. The van der Waals surface area contributed by atoms with Crippen LogP contribution in [-0.2, 0) is 11.3 Å². The molecule has 1 saturated heterocycles. The first-order chi connectivity index (χ1) is 14.2. The van der Waals surface area contributed by atoms with E-state index in [-0.39, 0.29) is 12.0 Å². The zero-order chi connectivity index (χ0) is 20.1. The number of rotatable bonds is 6. The number of quaternary nitrogens is 2. The normalized spacial score (nSPS) is 23.4. The maximum atomic E-state index is 12.4. The summed E-state index contributed by atoms with van der Waals surface area (Å²) < 4.78 is 11.6. The largest absolute Gasteiger partial charge is 0.486 e. The van der Waals surface area contributed by atoms with Gasteiger partial charge in [-0.3, -0.25) is 4.79 Å². The minimum absolute atomic E-state index is 0.0876. The Labute approximate surface area is 172 Å². The van der Waals surface area contributed by atoms with Crippen molar-refractivity contribution >= 4 is 5.91 Å². The molecule has 6 nitrogen and oxygen atoms in total. The number of fused-ring (bicyclic) bond motifs is 1. The van der Waals surface area contributed by atoms with Crippen molar-refractivity contribution in [3.8, 4) is 11.5 Å². The monoisotopic (exact) mass is 397 g/mol. The molecule has 0 saturated carbocycles. The number of ether oxygens (including phenoxy) is 2. The number of nitrogens with one attached hydrogen (secondary N) is 3. The van der Waals surface area contributed by atoms with Gasteiger partial charge in [-0.2, -0.15) is 0 Å². The van der Waals surface area contributed by atoms with Crippen LogP contribution < -0.4 is 24.6 Å². The molecule has 29 heavy (non-hydrogen) atoms. The van der Waals surface area contributed by atoms with Crippen molar-refractivity contribution < 1.29 is 24.1 Å². The van der Waals surface area contributed by atoms with Crippen molar-refractivity contribution in [2.45, 2.75) is 19.6 Å². The Hall–Kier alpha value is -2.57. The molecule has 0 unspecified atom stereocenters. The van der Waals surface area contributed by atoms with Crippen molar-refractivity contribution in [1.29, 1.82) is 0 Å². The van der Waals surface area contributed by atoms with Crippen LogP contribution in [0.15, 0.2) is 48.5 Å². The summed E-state index contributed by atoms with van der Waals surface area (Å²) in [7, 11) is 0. The Morgan fingerprint density at radius 1 is 1.03 bits per heavy atom. The summed E-state index contributed by atoms with van der Waals surface area (Å²) in [5.41, 5.74) is 2.72. The first-order valence-corrected chi connectivity index (χ1v) is 10.5. The van der Waals surface area contributed by atoms with E-state index in [1.165, 1.54) is 16.0 Å². The fourth-order valence-electron chi connectivity index (χ4n) is 4.10. The molecule has 1 fully saturated rings. The van der Waals surface area contributed by atoms with E-state index in [1.807, 2.05) is 24.3 Å². The summed E-state index contributed by atoms with van der Waals surface area (Å²) in [6.07, 6.45) is -0.139. The van der Waals surface area contributed by atoms with Crippen LogP contribution in [0.3, 0.4) is 0 Å². The van der Waals surface area contributed by atoms with Crippen LogP contribution in [0, 0.1) is 6.92 Å². The molecule has 1 amide bonds. The number of carbonyl (C=O) groups excluding carboxylic acids is 1. The maximum Gasteiger partial charge on any atom is 0.275 e. The molecule has 2 aliphatic rings. The third kappa shape index (κ3) is 5.49. The fraction of sp³-hybridized carbons (Fsp3) is 0.435. The van der Waals surface area contributed by atoms with Crippen molar-refractivity contribution in [1.82, 2.24) is 5.32 Å². The lowest BCUT2D eigenvalue weighted by Gasteiger charge is -2.30. The highest BCUT2D eigenvalue weighted by molar-refractivity contribution is 5.76. The number of hydrogen-bond donors (Lipinski definition) is 3. The van der Waals surface area contributed by atoms with Crippen LogP contribution in [0.5, 0.6) is 11.5 Å². The molecule has 2 aromatic rings. The highest BCUT2D eigenvalue weighted by atomic mass is 16.6. The minimum Gasteiger partial charge on any atom is -0.486 e. The predicted molar refractivity (Wildman–Crippen MR) is 111 cm³/mol. The molecule has 1 atom stereocenters. The SMILES string of the molecule is Cc1cccc(C[NH+]2CC[NH+](CC(=O)NC[C@H]3COc4ccccc4O3)CC2)c1. The van der Waals surface area contributed by atoms with Crippen LogP contribution in [0.25, 0.3) is 0 Å². The Bertz CT molecular complexity index is 834. The average molecular weight is 398 g/mol. The standard InChI is InChI=1S/C23H29N3O3/c1-18-5-4-6-19(13-18)15-25-9-11-26(12-10-25)16-23(27)24-14-20-17-28-21-7-2-3-8-22(21)29-20/h2-8,13,20H,9-12,14-17H2,1H3,(H,24,27)/p+2/t20-/m0/s1. The van der Waals surface area contributed by atoms with Gasteiger partial charge < -0.3 is 24.6 Å². The number of aryl methyl sites for hydroxylation is 1. The lowest BCUT2D eigenvalue weighted by atomic mass is 10.1. The minimum atomic E-state index is -0.139. The molecule has 6 heteroatoms. The van der Waals surface area contributed by atoms with E-state index in [4.69, 9.17) is 9.47 Å². The quantitative estimate of drug-likeness (QED) is 0.600. The van der Waals surface area contributed by atoms with E-state index in [0.29, 0.717) is 19.7 Å². The average Bonchev–Trinajstić information content (AvgIpc) is 2.73. The second kappa shape index (κ2) is 9.29. The molecule has 0 spiro atoms. The van der Waals surface area contributed by atoms with Gasteiger partial charge in [0.1, 0.15) is 45.4 Å². The van der Waals surface area contributed by atoms with Gasteiger partial charge in [-0.05, 0) is 19.1 Å². The lowest BCUT2D eigenvalue weighted by Crippen LogP contribution is -3.28. The zero-order valence-electron chi connectivity index (χ0n) is 17.1. The number of hydrogen-bond acceptors (Lipinski definition) is 3. The molecule has 2 heterocycles. The number of amides is 1. The van der Waals surface area contributed by atoms with Crippen molar-refractivity contribution in [2.24, 2.45) is 0 Å². The molecule has 0 aromatic heterocycles. The molecule has 2 aliphatic heterocycles. The van der Waals surface area contributed by atoms with Gasteiger partial charge in [0.05, 0.1) is 6.54 Å². The van der Waals surface area contributed by atoms with Crippen molar-refractivity contribution in [3.05, 3.63) is 59.7 Å². The van der Waals surface area contributed by atoms with Crippen molar-refractivity contribution in [2.75, 3.05) is 45.9 Å². The van der Waals surface area contributed by atoms with Crippen LogP contribution in [0.2, 0.25) is 0 Å². The second-order valence-electron chi connectivity index (χ2n) is 8.14. The Morgan fingerprint density at radius 2 is 1.79 bits per heavy atom. The van der Waals surface area contributed by atoms with E-state index in [1.54, 1.807) is 4.90 Å². The van der Waals surface area contributed by atoms with Gasteiger partial charge >= 0.3 is 0 Å². The van der Waals surface area contributed by atoms with Crippen LogP contribution >= 0.6 is 0 Å². The van der Waals surface area contributed by atoms with E-state index in [0.717, 1.165) is 44.2 Å². The van der Waals surface area contributed by atoms with Gasteiger partial charge in [-0.15, -0.1) is 0 Å². The van der Waals surface area contributed by atoms with Gasteiger partial charge in [0.25, 0.3) is 5.91 Å². The third-order valence-corrected chi connectivity index (χ3v) is 5.71. The topological polar surface area (TPSA) is 56.4 Å². The summed E-state index contributed by atoms with van der Waals surface area (Å²) in [6, 6.07) is 16.4. The summed E-state index contributed by atoms with van der Waals surface area (Å²) in [4.78, 5) is 15.3. The summed E-state index contributed by atoms with van der Waals surface area (Å²) in [5.74, 6) is 1.60. The van der Waals surface area contributed by atoms with Crippen LogP contribution in [-0.4, -0.2) is 57.9 Å². The molecule has 0 aliphatic carbocycles. The lowest BCUT2D eigenvalue weighted by molar-refractivity contribution is -1.02. The highest BCUT2D eigenvalue weighted by Gasteiger charge is 2.26. The van der Waals surface area contributed by atoms with Crippen molar-refractivity contribution in [3.63, 3.8) is 0 Å². The number of carbonyl (C=O) groups is 1. The van der Waals surface area contributed by atoms with E-state index >= 15 is 0 Å². The first kappa shape index (κ1) is 19.7. The van der Waals surface area contributed by atoms with Crippen LogP contribution in [0.1, 0.15) is 11.1 Å². The van der Waals surface area contributed by atoms with Gasteiger partial charge in [0.2, 0.25) is 0 Å². The molecule has 4 rings (SSSR count). The van der Waals surface area contributed by atoms with E-state index in [2.05, 4.69) is 36.5 Å². The molecule has 2 aromatic carbocycles. The van der Waals surface area contributed by atoms with Gasteiger partial charge in [0.15, 0.2) is 18.0 Å². The highest BCUT2D eigenvalue weighted by Crippen LogP contribution is 2.30. The molecular formula is C23H31N3O3+2. The first-order valence-electron chi connectivity index (χ1n) is 10.5. The molecule has 0 radical (unpaired) electrons. The van der Waals surface area contributed by atoms with Gasteiger partial charge in [-0.1, -0.05) is 42.0 Å². The van der Waals surface area contributed by atoms with E-state index in [9.17, 15) is 4.79 Å². The summed E-state index contributed by atoms with van der Waals surface area (Å²) >= 11 is 0.